The van der Waals surface area contributed by atoms with Gasteiger partial charge in [-0.15, -0.1) is 0 Å². The van der Waals surface area contributed by atoms with Gasteiger partial charge >= 0.3 is 5.69 Å². The highest BCUT2D eigenvalue weighted by Crippen LogP contribution is 2.21. The summed E-state index contributed by atoms with van der Waals surface area (Å²) < 4.78 is 24.9. The summed E-state index contributed by atoms with van der Waals surface area (Å²) in [6.07, 6.45) is -5.69. The molecule has 0 spiro atoms. The third-order valence-electron chi connectivity index (χ3n) is 3.31. The van der Waals surface area contributed by atoms with Crippen molar-refractivity contribution >= 4 is 0 Å². The largest absolute Gasteiger partial charge is 0.388 e. The van der Waals surface area contributed by atoms with Crippen LogP contribution in [0.1, 0.15) is 13.2 Å². The Labute approximate surface area is 123 Å². The van der Waals surface area contributed by atoms with E-state index >= 15 is 0 Å². The Balaban J connectivity index is 2.48. The molecule has 1 fully saturated rings. The normalized spacial score (nSPS) is 28.8. The average molecular weight is 320 g/mol. The molecular formula is C12H17FN2O7. The van der Waals surface area contributed by atoms with Crippen molar-refractivity contribution in [2.75, 3.05) is 13.2 Å². The van der Waals surface area contributed by atoms with E-state index in [1.165, 1.54) is 0 Å². The van der Waals surface area contributed by atoms with Crippen molar-refractivity contribution in [1.29, 1.82) is 0 Å². The van der Waals surface area contributed by atoms with Crippen LogP contribution in [0.25, 0.3) is 0 Å². The highest BCUT2D eigenvalue weighted by Gasteiger charge is 2.40. The van der Waals surface area contributed by atoms with Gasteiger partial charge < -0.3 is 24.8 Å². The van der Waals surface area contributed by atoms with Gasteiger partial charge in [0.15, 0.2) is 6.23 Å². The van der Waals surface area contributed by atoms with Crippen molar-refractivity contribution in [1.82, 2.24) is 9.13 Å². The summed E-state index contributed by atoms with van der Waals surface area (Å²) in [7, 11) is 0. The van der Waals surface area contributed by atoms with Gasteiger partial charge in [0.05, 0.1) is 12.8 Å². The van der Waals surface area contributed by atoms with Crippen LogP contribution in [0.15, 0.2) is 15.8 Å². The third kappa shape index (κ3) is 2.96. The topological polar surface area (TPSA) is 123 Å². The smallest absolute Gasteiger partial charge is 0.335 e. The van der Waals surface area contributed by atoms with Crippen LogP contribution in [-0.4, -0.2) is 56.0 Å². The summed E-state index contributed by atoms with van der Waals surface area (Å²) in [4.78, 5) is 24.1. The Morgan fingerprint density at radius 1 is 1.36 bits per heavy atom. The van der Waals surface area contributed by atoms with Crippen LogP contribution >= 0.6 is 0 Å². The molecule has 2 rings (SSSR count). The summed E-state index contributed by atoms with van der Waals surface area (Å²) >= 11 is 0. The van der Waals surface area contributed by atoms with E-state index in [9.17, 15) is 29.3 Å². The van der Waals surface area contributed by atoms with E-state index in [1.54, 1.807) is 6.92 Å². The fourth-order valence-electron chi connectivity index (χ4n) is 2.11. The van der Waals surface area contributed by atoms with Gasteiger partial charge in [-0.1, -0.05) is 0 Å². The van der Waals surface area contributed by atoms with Gasteiger partial charge in [0, 0.05) is 6.61 Å². The van der Waals surface area contributed by atoms with Crippen LogP contribution in [-0.2, 0) is 16.2 Å². The fourth-order valence-corrected chi connectivity index (χ4v) is 2.11. The summed E-state index contributed by atoms with van der Waals surface area (Å²) in [6, 6.07) is 0. The SMILES string of the molecule is CCOCn1cc(F)c(=O)n([C@@H]2OC[C@@H](O)[C@H](O)[C@H]2O)c1=O. The van der Waals surface area contributed by atoms with Gasteiger partial charge in [-0.2, -0.15) is 4.39 Å². The molecule has 1 aromatic heterocycles. The summed E-state index contributed by atoms with van der Waals surface area (Å²) in [5.41, 5.74) is -2.27. The first-order chi connectivity index (χ1) is 10.4. The number of aliphatic hydroxyl groups is 3. The molecule has 9 nitrogen and oxygen atoms in total. The molecule has 2 heterocycles. The molecule has 0 unspecified atom stereocenters. The second kappa shape index (κ2) is 6.67. The second-order valence-corrected chi connectivity index (χ2v) is 4.80. The third-order valence-corrected chi connectivity index (χ3v) is 3.31. The summed E-state index contributed by atoms with van der Waals surface area (Å²) in [6.45, 7) is 1.22. The molecule has 0 saturated carbocycles. The summed E-state index contributed by atoms with van der Waals surface area (Å²) in [5.74, 6) is -1.24. The Kier molecular flexibility index (Phi) is 5.08. The number of halogens is 1. The first kappa shape index (κ1) is 16.8. The van der Waals surface area contributed by atoms with Crippen molar-refractivity contribution < 1.29 is 29.2 Å². The zero-order chi connectivity index (χ0) is 16.4. The molecule has 4 atom stereocenters. The molecule has 0 bridgehead atoms. The molecule has 3 N–H and O–H groups in total. The lowest BCUT2D eigenvalue weighted by Gasteiger charge is -2.35. The van der Waals surface area contributed by atoms with E-state index in [1.807, 2.05) is 0 Å². The minimum absolute atomic E-state index is 0.265. The standard InChI is InChI=1S/C12H17FN2O7/c1-2-21-5-14-3-6(13)10(19)15(12(14)20)11-9(18)8(17)7(16)4-22-11/h3,7-9,11,16-18H,2,4-5H2,1H3/t7-,8+,9-,11-/m1/s1. The first-order valence-corrected chi connectivity index (χ1v) is 6.63. The van der Waals surface area contributed by atoms with E-state index in [-0.39, 0.29) is 13.3 Å². The van der Waals surface area contributed by atoms with Crippen molar-refractivity contribution in [3.8, 4) is 0 Å². The number of hydrogen-bond donors (Lipinski definition) is 3. The zero-order valence-electron chi connectivity index (χ0n) is 11.8. The molecule has 0 aliphatic carbocycles. The van der Waals surface area contributed by atoms with E-state index in [4.69, 9.17) is 9.47 Å². The molecule has 1 aliphatic rings. The molecule has 1 saturated heterocycles. The first-order valence-electron chi connectivity index (χ1n) is 6.63. The molecule has 10 heteroatoms. The van der Waals surface area contributed by atoms with Gasteiger partial charge in [0.25, 0.3) is 5.56 Å². The van der Waals surface area contributed by atoms with Crippen LogP contribution in [0, 0.1) is 5.82 Å². The average Bonchev–Trinajstić information content (AvgIpc) is 2.49. The van der Waals surface area contributed by atoms with Gasteiger partial charge in [-0.3, -0.25) is 9.36 Å². The van der Waals surface area contributed by atoms with Crippen LogP contribution in [0.4, 0.5) is 4.39 Å². The molecule has 22 heavy (non-hydrogen) atoms. The molecule has 1 aliphatic heterocycles. The van der Waals surface area contributed by atoms with Gasteiger partial charge in [-0.05, 0) is 6.92 Å². The Morgan fingerprint density at radius 2 is 2.05 bits per heavy atom. The van der Waals surface area contributed by atoms with Gasteiger partial charge in [-0.25, -0.2) is 9.36 Å². The molecule has 1 aromatic rings. The summed E-state index contributed by atoms with van der Waals surface area (Å²) in [5, 5.41) is 28.9. The van der Waals surface area contributed by atoms with E-state index < -0.39 is 48.2 Å². The molecular weight excluding hydrogens is 303 g/mol. The number of rotatable bonds is 4. The van der Waals surface area contributed by atoms with Crippen molar-refractivity contribution in [2.24, 2.45) is 0 Å². The zero-order valence-corrected chi connectivity index (χ0v) is 11.8. The lowest BCUT2D eigenvalue weighted by molar-refractivity contribution is -0.213. The maximum absolute atomic E-state index is 13.7. The maximum Gasteiger partial charge on any atom is 0.335 e. The number of hydrogen-bond acceptors (Lipinski definition) is 7. The second-order valence-electron chi connectivity index (χ2n) is 4.80. The molecule has 0 amide bonds. The Bertz CT molecular complexity index is 643. The highest BCUT2D eigenvalue weighted by molar-refractivity contribution is 4.94. The van der Waals surface area contributed by atoms with E-state index in [0.717, 1.165) is 4.57 Å². The minimum atomic E-state index is -1.77. The fraction of sp³-hybridized carbons (Fsp3) is 0.667. The molecule has 0 radical (unpaired) electrons. The number of ether oxygens (including phenoxy) is 2. The van der Waals surface area contributed by atoms with Crippen molar-refractivity contribution in [2.45, 2.75) is 38.2 Å². The van der Waals surface area contributed by atoms with E-state index in [0.29, 0.717) is 10.8 Å². The molecule has 0 aromatic carbocycles. The quantitative estimate of drug-likeness (QED) is 0.573. The number of aromatic nitrogens is 2. The van der Waals surface area contributed by atoms with Gasteiger partial charge in [0.2, 0.25) is 5.82 Å². The minimum Gasteiger partial charge on any atom is -0.388 e. The number of aliphatic hydroxyl groups excluding tert-OH is 3. The highest BCUT2D eigenvalue weighted by atomic mass is 19.1. The maximum atomic E-state index is 13.7. The predicted octanol–water partition coefficient (Wildman–Crippen LogP) is -2.25. The number of nitrogens with zero attached hydrogens (tertiary/aromatic N) is 2. The van der Waals surface area contributed by atoms with Crippen LogP contribution < -0.4 is 11.2 Å². The molecule has 124 valence electrons. The van der Waals surface area contributed by atoms with Crippen LogP contribution in [0.2, 0.25) is 0 Å². The Morgan fingerprint density at radius 3 is 2.68 bits per heavy atom. The van der Waals surface area contributed by atoms with Crippen molar-refractivity contribution in [3.63, 3.8) is 0 Å². The monoisotopic (exact) mass is 320 g/mol. The predicted molar refractivity (Wildman–Crippen MR) is 69.6 cm³/mol. The lowest BCUT2D eigenvalue weighted by Crippen LogP contribution is -2.56. The van der Waals surface area contributed by atoms with E-state index in [2.05, 4.69) is 0 Å². The Hall–Kier alpha value is -1.59. The lowest BCUT2D eigenvalue weighted by atomic mass is 10.0. The van der Waals surface area contributed by atoms with Crippen LogP contribution in [0.5, 0.6) is 0 Å². The van der Waals surface area contributed by atoms with Crippen molar-refractivity contribution in [3.05, 3.63) is 32.9 Å². The van der Waals surface area contributed by atoms with Gasteiger partial charge in [0.1, 0.15) is 25.0 Å². The van der Waals surface area contributed by atoms with Crippen LogP contribution in [0.3, 0.4) is 0 Å².